The molecule has 0 saturated heterocycles. The third-order valence-electron chi connectivity index (χ3n) is 1.58. The molecule has 3 nitrogen and oxygen atoms in total. The van der Waals surface area contributed by atoms with E-state index in [2.05, 4.69) is 0 Å². The molecule has 4 heteroatoms. The van der Waals surface area contributed by atoms with Crippen LogP contribution >= 0.6 is 0 Å². The highest BCUT2D eigenvalue weighted by Crippen LogP contribution is 1.99. The number of nitrogens with zero attached hydrogens (tertiary/aromatic N) is 1. The second-order valence-corrected chi connectivity index (χ2v) is 2.50. The molecule has 2 N–H and O–H groups in total. The fraction of sp³-hybridized carbons (Fsp3) is 0. The summed E-state index contributed by atoms with van der Waals surface area (Å²) in [6.07, 6.45) is 3.01. The van der Waals surface area contributed by atoms with Gasteiger partial charge in [0.15, 0.2) is 0 Å². The molecule has 13 heavy (non-hydrogen) atoms. The molecule has 0 unspecified atom stereocenters. The van der Waals surface area contributed by atoms with E-state index in [0.29, 0.717) is 5.46 Å². The second-order valence-electron chi connectivity index (χ2n) is 2.50. The lowest BCUT2D eigenvalue weighted by atomic mass is 9.80. The molecule has 0 radical (unpaired) electrons. The van der Waals surface area contributed by atoms with Crippen molar-refractivity contribution in [3.63, 3.8) is 0 Å². The Bertz CT molecular complexity index is 338. The zero-order valence-electron chi connectivity index (χ0n) is 6.88. The van der Waals surface area contributed by atoms with Gasteiger partial charge >= 0.3 is 7.12 Å². The first kappa shape index (κ1) is 9.52. The quantitative estimate of drug-likeness (QED) is 0.484. The fourth-order valence-corrected chi connectivity index (χ4v) is 0.913. The number of benzene rings is 1. The van der Waals surface area contributed by atoms with Crippen molar-refractivity contribution in [2.45, 2.75) is 0 Å². The van der Waals surface area contributed by atoms with E-state index >= 15 is 0 Å². The van der Waals surface area contributed by atoms with E-state index in [1.807, 2.05) is 6.07 Å². The number of hydrogen-bond acceptors (Lipinski definition) is 3. The molecule has 1 rings (SSSR count). The summed E-state index contributed by atoms with van der Waals surface area (Å²) < 4.78 is 0. The minimum absolute atomic E-state index is 0.439. The Morgan fingerprint density at radius 2 is 1.85 bits per heavy atom. The van der Waals surface area contributed by atoms with Gasteiger partial charge in [-0.05, 0) is 17.1 Å². The summed E-state index contributed by atoms with van der Waals surface area (Å²) in [6, 6.07) is 8.49. The van der Waals surface area contributed by atoms with E-state index in [1.165, 1.54) is 6.08 Å². The maximum absolute atomic E-state index is 8.78. The number of hydrogen-bond donors (Lipinski definition) is 2. The van der Waals surface area contributed by atoms with Crippen molar-refractivity contribution in [1.29, 1.82) is 5.26 Å². The maximum atomic E-state index is 8.78. The molecule has 1 aromatic rings. The van der Waals surface area contributed by atoms with Gasteiger partial charge < -0.3 is 10.0 Å². The van der Waals surface area contributed by atoms with Gasteiger partial charge in [0, 0.05) is 6.08 Å². The largest absolute Gasteiger partial charge is 0.488 e. The van der Waals surface area contributed by atoms with Crippen LogP contribution in [-0.4, -0.2) is 17.2 Å². The van der Waals surface area contributed by atoms with Crippen LogP contribution in [0.3, 0.4) is 0 Å². The molecule has 0 aliphatic rings. The summed E-state index contributed by atoms with van der Waals surface area (Å²) in [5.41, 5.74) is 1.29. The van der Waals surface area contributed by atoms with Gasteiger partial charge in [-0.3, -0.25) is 0 Å². The highest BCUT2D eigenvalue weighted by atomic mass is 16.4. The molecule has 0 heterocycles. The zero-order chi connectivity index (χ0) is 9.68. The number of rotatable bonds is 2. The first-order chi connectivity index (χ1) is 6.24. The number of allylic oxidation sites excluding steroid dienone is 1. The highest BCUT2D eigenvalue weighted by Gasteiger charge is 2.08. The minimum atomic E-state index is -1.44. The van der Waals surface area contributed by atoms with Gasteiger partial charge in [-0.1, -0.05) is 24.3 Å². The third kappa shape index (κ3) is 2.75. The van der Waals surface area contributed by atoms with Crippen LogP contribution in [0.1, 0.15) is 5.56 Å². The normalized spacial score (nSPS) is 9.92. The Balaban J connectivity index is 2.83. The average Bonchev–Trinajstić information content (AvgIpc) is 2.15. The summed E-state index contributed by atoms with van der Waals surface area (Å²) in [6.45, 7) is 0. The first-order valence-electron chi connectivity index (χ1n) is 3.76. The van der Waals surface area contributed by atoms with Crippen molar-refractivity contribution in [3.8, 4) is 6.07 Å². The third-order valence-corrected chi connectivity index (χ3v) is 1.58. The van der Waals surface area contributed by atoms with Crippen molar-refractivity contribution in [1.82, 2.24) is 0 Å². The van der Waals surface area contributed by atoms with E-state index in [-0.39, 0.29) is 0 Å². The zero-order valence-corrected chi connectivity index (χ0v) is 6.88. The monoisotopic (exact) mass is 173 g/mol. The SMILES string of the molecule is N#C/C=C\c1ccc(B(O)O)cc1. The molecular formula is C9H8BNO2. The minimum Gasteiger partial charge on any atom is -0.423 e. The van der Waals surface area contributed by atoms with Crippen molar-refractivity contribution in [2.75, 3.05) is 0 Å². The molecule has 0 fully saturated rings. The predicted molar refractivity (Wildman–Crippen MR) is 50.9 cm³/mol. The Hall–Kier alpha value is -1.57. The van der Waals surface area contributed by atoms with Crippen LogP contribution in [0.5, 0.6) is 0 Å². The molecule has 64 valence electrons. The van der Waals surface area contributed by atoms with Gasteiger partial charge in [0.1, 0.15) is 0 Å². The van der Waals surface area contributed by atoms with Gasteiger partial charge in [-0.25, -0.2) is 0 Å². The van der Waals surface area contributed by atoms with E-state index in [4.69, 9.17) is 15.3 Å². The van der Waals surface area contributed by atoms with Crippen molar-refractivity contribution < 1.29 is 10.0 Å². The first-order valence-corrected chi connectivity index (χ1v) is 3.76. The van der Waals surface area contributed by atoms with Crippen molar-refractivity contribution in [2.24, 2.45) is 0 Å². The summed E-state index contributed by atoms with van der Waals surface area (Å²) in [5, 5.41) is 25.8. The molecule has 1 aromatic carbocycles. The Morgan fingerprint density at radius 3 is 2.31 bits per heavy atom. The summed E-state index contributed by atoms with van der Waals surface area (Å²) in [4.78, 5) is 0. The van der Waals surface area contributed by atoms with E-state index in [9.17, 15) is 0 Å². The van der Waals surface area contributed by atoms with Crippen LogP contribution < -0.4 is 5.46 Å². The highest BCUT2D eigenvalue weighted by molar-refractivity contribution is 6.58. The molecule has 0 aliphatic heterocycles. The maximum Gasteiger partial charge on any atom is 0.488 e. The van der Waals surface area contributed by atoms with Gasteiger partial charge in [0.2, 0.25) is 0 Å². The molecule has 0 aromatic heterocycles. The molecule has 0 atom stereocenters. The molecular weight excluding hydrogens is 165 g/mol. The van der Waals surface area contributed by atoms with E-state index in [1.54, 1.807) is 30.3 Å². The lowest BCUT2D eigenvalue weighted by molar-refractivity contribution is 0.426. The van der Waals surface area contributed by atoms with E-state index in [0.717, 1.165) is 5.56 Å². The summed E-state index contributed by atoms with van der Waals surface area (Å²) in [7, 11) is -1.44. The van der Waals surface area contributed by atoms with Gasteiger partial charge in [0.25, 0.3) is 0 Å². The van der Waals surface area contributed by atoms with Crippen LogP contribution in [0, 0.1) is 11.3 Å². The Morgan fingerprint density at radius 1 is 1.23 bits per heavy atom. The molecule has 0 amide bonds. The fourth-order valence-electron chi connectivity index (χ4n) is 0.913. The standard InChI is InChI=1S/C9H8BNO2/c11-7-1-2-8-3-5-9(6-4-8)10(12)13/h1-6,12-13H/b2-1-. The van der Waals surface area contributed by atoms with Crippen LogP contribution in [0.25, 0.3) is 6.08 Å². The molecule has 0 bridgehead atoms. The van der Waals surface area contributed by atoms with Crippen molar-refractivity contribution in [3.05, 3.63) is 35.9 Å². The van der Waals surface area contributed by atoms with Crippen LogP contribution in [0.4, 0.5) is 0 Å². The van der Waals surface area contributed by atoms with Crippen LogP contribution in [0.15, 0.2) is 30.3 Å². The second kappa shape index (κ2) is 4.46. The Kier molecular flexibility index (Phi) is 3.27. The lowest BCUT2D eigenvalue weighted by Crippen LogP contribution is -2.29. The van der Waals surface area contributed by atoms with Crippen molar-refractivity contribution >= 4 is 18.7 Å². The van der Waals surface area contributed by atoms with Crippen LogP contribution in [-0.2, 0) is 0 Å². The van der Waals surface area contributed by atoms with Gasteiger partial charge in [-0.15, -0.1) is 0 Å². The topological polar surface area (TPSA) is 64.2 Å². The van der Waals surface area contributed by atoms with Gasteiger partial charge in [0.05, 0.1) is 6.07 Å². The average molecular weight is 173 g/mol. The smallest absolute Gasteiger partial charge is 0.423 e. The molecule has 0 aliphatic carbocycles. The molecule has 0 spiro atoms. The van der Waals surface area contributed by atoms with E-state index < -0.39 is 7.12 Å². The number of nitriles is 1. The summed E-state index contributed by atoms with van der Waals surface area (Å²) >= 11 is 0. The Labute approximate surface area is 76.7 Å². The van der Waals surface area contributed by atoms with Gasteiger partial charge in [-0.2, -0.15) is 5.26 Å². The summed E-state index contributed by atoms with van der Waals surface area (Å²) in [5.74, 6) is 0. The molecule has 0 saturated carbocycles. The predicted octanol–water partition coefficient (Wildman–Crippen LogP) is -0.0968. The lowest BCUT2D eigenvalue weighted by Gasteiger charge is -1.98. The van der Waals surface area contributed by atoms with Crippen LogP contribution in [0.2, 0.25) is 0 Å².